The smallest absolute Gasteiger partial charge is 0.336 e. The molecule has 4 nitrogen and oxygen atoms in total. The number of nitrogens with zero attached hydrogens (tertiary/aromatic N) is 1. The van der Waals surface area contributed by atoms with Crippen molar-refractivity contribution in [2.24, 2.45) is 0 Å². The van der Waals surface area contributed by atoms with Crippen molar-refractivity contribution < 1.29 is 9.15 Å². The van der Waals surface area contributed by atoms with Crippen molar-refractivity contribution in [3.05, 3.63) is 74.6 Å². The SMILES string of the molecule is Cc1cc(=O)oc2cc(OCc3ccccc3C#N)c(Cl)cc12. The molecular formula is C18H12ClNO3. The summed E-state index contributed by atoms with van der Waals surface area (Å²) in [6, 6.07) is 14.0. The van der Waals surface area contributed by atoms with Gasteiger partial charge in [-0.15, -0.1) is 0 Å². The van der Waals surface area contributed by atoms with Crippen molar-refractivity contribution in [3.8, 4) is 11.8 Å². The Morgan fingerprint density at radius 3 is 2.83 bits per heavy atom. The molecule has 0 aliphatic heterocycles. The summed E-state index contributed by atoms with van der Waals surface area (Å²) >= 11 is 6.25. The Labute approximate surface area is 137 Å². The second-order valence-electron chi connectivity index (χ2n) is 5.08. The van der Waals surface area contributed by atoms with Gasteiger partial charge in [-0.2, -0.15) is 5.26 Å². The molecule has 3 aromatic rings. The van der Waals surface area contributed by atoms with E-state index in [-0.39, 0.29) is 6.61 Å². The standard InChI is InChI=1S/C18H12ClNO3/c1-11-6-18(21)23-16-8-17(15(19)7-14(11)16)22-10-13-5-3-2-4-12(13)9-20/h2-8H,10H2,1H3. The number of fused-ring (bicyclic) bond motifs is 1. The monoisotopic (exact) mass is 325 g/mol. The second kappa shape index (κ2) is 6.15. The highest BCUT2D eigenvalue weighted by molar-refractivity contribution is 6.32. The van der Waals surface area contributed by atoms with Crippen LogP contribution in [0.2, 0.25) is 5.02 Å². The van der Waals surface area contributed by atoms with Crippen LogP contribution in [0.3, 0.4) is 0 Å². The van der Waals surface area contributed by atoms with Crippen molar-refractivity contribution in [2.75, 3.05) is 0 Å². The Morgan fingerprint density at radius 1 is 1.26 bits per heavy atom. The Morgan fingerprint density at radius 2 is 2.04 bits per heavy atom. The summed E-state index contributed by atoms with van der Waals surface area (Å²) in [5.41, 5.74) is 2.10. The van der Waals surface area contributed by atoms with E-state index in [0.717, 1.165) is 16.5 Å². The van der Waals surface area contributed by atoms with Gasteiger partial charge >= 0.3 is 5.63 Å². The number of aryl methyl sites for hydroxylation is 1. The second-order valence-corrected chi connectivity index (χ2v) is 5.49. The Bertz CT molecular complexity index is 986. The summed E-state index contributed by atoms with van der Waals surface area (Å²) in [5.74, 6) is 0.403. The fraction of sp³-hybridized carbons (Fsp3) is 0.111. The molecule has 114 valence electrons. The van der Waals surface area contributed by atoms with Crippen molar-refractivity contribution in [1.82, 2.24) is 0 Å². The van der Waals surface area contributed by atoms with E-state index < -0.39 is 5.63 Å². The zero-order valence-electron chi connectivity index (χ0n) is 12.3. The molecule has 0 atom stereocenters. The number of nitriles is 1. The Balaban J connectivity index is 1.96. The van der Waals surface area contributed by atoms with Gasteiger partial charge in [0.05, 0.1) is 16.7 Å². The summed E-state index contributed by atoms with van der Waals surface area (Å²) in [4.78, 5) is 11.5. The van der Waals surface area contributed by atoms with E-state index in [2.05, 4.69) is 6.07 Å². The van der Waals surface area contributed by atoms with Gasteiger partial charge in [0, 0.05) is 23.1 Å². The third-order valence-electron chi connectivity index (χ3n) is 3.52. The van der Waals surface area contributed by atoms with Crippen LogP contribution in [-0.2, 0) is 6.61 Å². The first-order valence-electron chi connectivity index (χ1n) is 6.93. The normalized spacial score (nSPS) is 10.5. The molecule has 0 saturated carbocycles. The summed E-state index contributed by atoms with van der Waals surface area (Å²) in [5, 5.41) is 10.3. The molecule has 3 rings (SSSR count). The van der Waals surface area contributed by atoms with Crippen molar-refractivity contribution in [3.63, 3.8) is 0 Å². The minimum Gasteiger partial charge on any atom is -0.487 e. The number of benzene rings is 2. The van der Waals surface area contributed by atoms with Gasteiger partial charge in [0.1, 0.15) is 17.9 Å². The van der Waals surface area contributed by atoms with Crippen LogP contribution >= 0.6 is 11.6 Å². The largest absolute Gasteiger partial charge is 0.487 e. The van der Waals surface area contributed by atoms with Gasteiger partial charge in [-0.25, -0.2) is 4.79 Å². The van der Waals surface area contributed by atoms with Crippen LogP contribution in [-0.4, -0.2) is 0 Å². The van der Waals surface area contributed by atoms with Crippen LogP contribution in [0, 0.1) is 18.3 Å². The van der Waals surface area contributed by atoms with Gasteiger partial charge in [0.2, 0.25) is 0 Å². The topological polar surface area (TPSA) is 63.2 Å². The lowest BCUT2D eigenvalue weighted by molar-refractivity contribution is 0.306. The van der Waals surface area contributed by atoms with E-state index in [1.807, 2.05) is 19.1 Å². The maximum atomic E-state index is 11.5. The maximum Gasteiger partial charge on any atom is 0.336 e. The van der Waals surface area contributed by atoms with Crippen molar-refractivity contribution in [2.45, 2.75) is 13.5 Å². The van der Waals surface area contributed by atoms with Gasteiger partial charge in [0.25, 0.3) is 0 Å². The number of hydrogen-bond acceptors (Lipinski definition) is 4. The minimum atomic E-state index is -0.418. The zero-order valence-corrected chi connectivity index (χ0v) is 13.1. The fourth-order valence-electron chi connectivity index (χ4n) is 2.34. The predicted molar refractivity (Wildman–Crippen MR) is 87.7 cm³/mol. The first-order chi connectivity index (χ1) is 11.1. The molecular weight excluding hydrogens is 314 g/mol. The van der Waals surface area contributed by atoms with Gasteiger partial charge in [-0.3, -0.25) is 0 Å². The van der Waals surface area contributed by atoms with Crippen LogP contribution < -0.4 is 10.4 Å². The predicted octanol–water partition coefficient (Wildman–Crippen LogP) is 4.21. The molecule has 0 radical (unpaired) electrons. The van der Waals surface area contributed by atoms with Gasteiger partial charge in [-0.05, 0) is 24.6 Å². The number of halogens is 1. The molecule has 23 heavy (non-hydrogen) atoms. The number of ether oxygens (including phenoxy) is 1. The van der Waals surface area contributed by atoms with Gasteiger partial charge in [0.15, 0.2) is 0 Å². The summed E-state index contributed by atoms with van der Waals surface area (Å²) in [6.45, 7) is 2.02. The van der Waals surface area contributed by atoms with E-state index in [1.165, 1.54) is 6.07 Å². The lowest BCUT2D eigenvalue weighted by Crippen LogP contribution is -2.01. The minimum absolute atomic E-state index is 0.199. The maximum absolute atomic E-state index is 11.5. The zero-order chi connectivity index (χ0) is 16.4. The highest BCUT2D eigenvalue weighted by atomic mass is 35.5. The molecule has 1 aromatic heterocycles. The molecule has 0 aliphatic carbocycles. The highest BCUT2D eigenvalue weighted by Gasteiger charge is 2.10. The van der Waals surface area contributed by atoms with Crippen molar-refractivity contribution in [1.29, 1.82) is 5.26 Å². The summed E-state index contributed by atoms with van der Waals surface area (Å²) in [7, 11) is 0. The molecule has 0 spiro atoms. The van der Waals surface area contributed by atoms with E-state index in [1.54, 1.807) is 24.3 Å². The van der Waals surface area contributed by atoms with Crippen LogP contribution in [0.15, 0.2) is 51.7 Å². The average Bonchev–Trinajstić information content (AvgIpc) is 2.54. The Kier molecular flexibility index (Phi) is 4.05. The first-order valence-corrected chi connectivity index (χ1v) is 7.31. The Hall–Kier alpha value is -2.77. The van der Waals surface area contributed by atoms with Crippen LogP contribution in [0.25, 0.3) is 11.0 Å². The van der Waals surface area contributed by atoms with E-state index >= 15 is 0 Å². The van der Waals surface area contributed by atoms with E-state index in [4.69, 9.17) is 26.0 Å². The van der Waals surface area contributed by atoms with Crippen molar-refractivity contribution >= 4 is 22.6 Å². The van der Waals surface area contributed by atoms with Gasteiger partial charge < -0.3 is 9.15 Å². The number of rotatable bonds is 3. The lowest BCUT2D eigenvalue weighted by Gasteiger charge is -2.10. The summed E-state index contributed by atoms with van der Waals surface area (Å²) < 4.78 is 10.9. The quantitative estimate of drug-likeness (QED) is 0.677. The molecule has 2 aromatic carbocycles. The fourth-order valence-corrected chi connectivity index (χ4v) is 2.56. The van der Waals surface area contributed by atoms with Crippen LogP contribution in [0.5, 0.6) is 5.75 Å². The number of hydrogen-bond donors (Lipinski definition) is 0. The lowest BCUT2D eigenvalue weighted by atomic mass is 10.1. The highest BCUT2D eigenvalue weighted by Crippen LogP contribution is 2.31. The van der Waals surface area contributed by atoms with E-state index in [0.29, 0.717) is 21.9 Å². The third-order valence-corrected chi connectivity index (χ3v) is 3.82. The molecule has 5 heteroatoms. The molecule has 0 fully saturated rings. The van der Waals surface area contributed by atoms with Crippen LogP contribution in [0.1, 0.15) is 16.7 Å². The molecule has 0 N–H and O–H groups in total. The van der Waals surface area contributed by atoms with Crippen LogP contribution in [0.4, 0.5) is 0 Å². The molecule has 0 aliphatic rings. The third kappa shape index (κ3) is 3.05. The average molecular weight is 326 g/mol. The molecule has 0 saturated heterocycles. The first kappa shape index (κ1) is 15.1. The molecule has 0 unspecified atom stereocenters. The van der Waals surface area contributed by atoms with E-state index in [9.17, 15) is 4.79 Å². The van der Waals surface area contributed by atoms with Gasteiger partial charge in [-0.1, -0.05) is 29.8 Å². The summed E-state index contributed by atoms with van der Waals surface area (Å²) in [6.07, 6.45) is 0. The molecule has 0 amide bonds. The molecule has 1 heterocycles. The molecule has 0 bridgehead atoms.